The SMILES string of the molecule is CC1=C(/C=C/C(CO)CO)[C@@](C)(CO[C@@H]2O[C@H](CO)[C@@H](O)[C@H](O)[C@H]2O)CCC1=O. The van der Waals surface area contributed by atoms with Crippen LogP contribution in [-0.2, 0) is 14.3 Å². The van der Waals surface area contributed by atoms with Crippen molar-refractivity contribution >= 4 is 5.78 Å². The summed E-state index contributed by atoms with van der Waals surface area (Å²) < 4.78 is 11.1. The predicted octanol–water partition coefficient (Wildman–Crippen LogP) is -1.35. The summed E-state index contributed by atoms with van der Waals surface area (Å²) in [4.78, 5) is 12.2. The first-order chi connectivity index (χ1) is 13.7. The first-order valence-corrected chi connectivity index (χ1v) is 9.75. The average molecular weight is 416 g/mol. The van der Waals surface area contributed by atoms with Gasteiger partial charge in [-0.15, -0.1) is 0 Å². The Morgan fingerprint density at radius 1 is 1.17 bits per heavy atom. The third-order valence-corrected chi connectivity index (χ3v) is 5.80. The van der Waals surface area contributed by atoms with E-state index in [0.29, 0.717) is 24.0 Å². The predicted molar refractivity (Wildman–Crippen MR) is 102 cm³/mol. The fourth-order valence-corrected chi connectivity index (χ4v) is 3.67. The first kappa shape index (κ1) is 24.1. The van der Waals surface area contributed by atoms with Crippen molar-refractivity contribution in [2.24, 2.45) is 11.3 Å². The summed E-state index contributed by atoms with van der Waals surface area (Å²) in [6.45, 7) is 2.63. The van der Waals surface area contributed by atoms with Crippen LogP contribution in [0.1, 0.15) is 26.7 Å². The van der Waals surface area contributed by atoms with Gasteiger partial charge in [-0.05, 0) is 24.5 Å². The summed E-state index contributed by atoms with van der Waals surface area (Å²) in [6.07, 6.45) is -2.67. The van der Waals surface area contributed by atoms with Crippen molar-refractivity contribution in [1.82, 2.24) is 0 Å². The molecule has 0 bridgehead atoms. The minimum Gasteiger partial charge on any atom is -0.396 e. The summed E-state index contributed by atoms with van der Waals surface area (Å²) >= 11 is 0. The van der Waals surface area contributed by atoms with Crippen LogP contribution in [0.3, 0.4) is 0 Å². The minimum absolute atomic E-state index is 0.000452. The van der Waals surface area contributed by atoms with Gasteiger partial charge in [0, 0.05) is 17.8 Å². The Balaban J connectivity index is 2.19. The van der Waals surface area contributed by atoms with Gasteiger partial charge in [0.25, 0.3) is 0 Å². The van der Waals surface area contributed by atoms with Gasteiger partial charge < -0.3 is 40.1 Å². The van der Waals surface area contributed by atoms with Gasteiger partial charge in [0.05, 0.1) is 26.4 Å². The maximum atomic E-state index is 12.2. The van der Waals surface area contributed by atoms with Crippen LogP contribution < -0.4 is 0 Å². The van der Waals surface area contributed by atoms with E-state index in [2.05, 4.69) is 0 Å². The molecule has 29 heavy (non-hydrogen) atoms. The summed E-state index contributed by atoms with van der Waals surface area (Å²) in [5.74, 6) is -0.456. The fraction of sp³-hybridized carbons (Fsp3) is 0.750. The molecule has 1 fully saturated rings. The second-order valence-corrected chi connectivity index (χ2v) is 8.02. The molecule has 1 saturated heterocycles. The molecule has 1 aliphatic heterocycles. The highest BCUT2D eigenvalue weighted by Gasteiger charge is 2.45. The lowest BCUT2D eigenvalue weighted by atomic mass is 9.71. The van der Waals surface area contributed by atoms with Crippen molar-refractivity contribution in [2.45, 2.75) is 57.4 Å². The van der Waals surface area contributed by atoms with Gasteiger partial charge in [0.15, 0.2) is 12.1 Å². The molecule has 6 N–H and O–H groups in total. The van der Waals surface area contributed by atoms with E-state index in [1.807, 2.05) is 6.92 Å². The van der Waals surface area contributed by atoms with Gasteiger partial charge in [-0.2, -0.15) is 0 Å². The maximum Gasteiger partial charge on any atom is 0.186 e. The van der Waals surface area contributed by atoms with Crippen LogP contribution in [0.2, 0.25) is 0 Å². The molecule has 1 heterocycles. The lowest BCUT2D eigenvalue weighted by Gasteiger charge is -2.42. The van der Waals surface area contributed by atoms with Crippen molar-refractivity contribution in [3.8, 4) is 0 Å². The van der Waals surface area contributed by atoms with E-state index >= 15 is 0 Å². The topological polar surface area (TPSA) is 157 Å². The monoisotopic (exact) mass is 416 g/mol. The Morgan fingerprint density at radius 3 is 2.41 bits per heavy atom. The van der Waals surface area contributed by atoms with Gasteiger partial charge in [0.1, 0.15) is 24.4 Å². The van der Waals surface area contributed by atoms with Gasteiger partial charge in [-0.25, -0.2) is 0 Å². The molecule has 0 amide bonds. The van der Waals surface area contributed by atoms with Crippen LogP contribution in [0.25, 0.3) is 0 Å². The van der Waals surface area contributed by atoms with Crippen molar-refractivity contribution in [2.75, 3.05) is 26.4 Å². The highest BCUT2D eigenvalue weighted by Crippen LogP contribution is 2.41. The number of hydrogen-bond donors (Lipinski definition) is 6. The zero-order valence-electron chi connectivity index (χ0n) is 16.8. The molecular weight excluding hydrogens is 384 g/mol. The van der Waals surface area contributed by atoms with E-state index < -0.39 is 48.6 Å². The Hall–Kier alpha value is -1.17. The van der Waals surface area contributed by atoms with Crippen LogP contribution >= 0.6 is 0 Å². The molecule has 1 aliphatic carbocycles. The molecule has 9 heteroatoms. The molecule has 2 aliphatic rings. The highest BCUT2D eigenvalue weighted by molar-refractivity contribution is 5.97. The van der Waals surface area contributed by atoms with Crippen LogP contribution in [0.4, 0.5) is 0 Å². The third kappa shape index (κ3) is 5.31. The summed E-state index contributed by atoms with van der Waals surface area (Å²) in [5.41, 5.74) is 0.634. The largest absolute Gasteiger partial charge is 0.396 e. The van der Waals surface area contributed by atoms with Gasteiger partial charge >= 0.3 is 0 Å². The second-order valence-electron chi connectivity index (χ2n) is 8.02. The number of rotatable bonds is 8. The summed E-state index contributed by atoms with van der Waals surface area (Å²) in [5, 5.41) is 57.8. The number of hydrogen-bond acceptors (Lipinski definition) is 9. The van der Waals surface area contributed by atoms with E-state index in [9.17, 15) is 35.4 Å². The summed E-state index contributed by atoms with van der Waals surface area (Å²) in [7, 11) is 0. The molecule has 9 nitrogen and oxygen atoms in total. The van der Waals surface area contributed by atoms with E-state index in [-0.39, 0.29) is 25.6 Å². The molecule has 0 unspecified atom stereocenters. The lowest BCUT2D eigenvalue weighted by molar-refractivity contribution is -0.305. The molecule has 0 radical (unpaired) electrons. The zero-order chi connectivity index (χ0) is 21.8. The molecule has 0 spiro atoms. The van der Waals surface area contributed by atoms with Crippen molar-refractivity contribution in [1.29, 1.82) is 0 Å². The minimum atomic E-state index is -1.53. The van der Waals surface area contributed by atoms with E-state index in [0.717, 1.165) is 0 Å². The Bertz CT molecular complexity index is 625. The molecule has 0 aromatic heterocycles. The zero-order valence-corrected chi connectivity index (χ0v) is 16.8. The van der Waals surface area contributed by atoms with Crippen molar-refractivity contribution < 1.29 is 44.9 Å². The average Bonchev–Trinajstić information content (AvgIpc) is 2.71. The third-order valence-electron chi connectivity index (χ3n) is 5.80. The lowest BCUT2D eigenvalue weighted by Crippen LogP contribution is -2.59. The second kappa shape index (κ2) is 10.2. The van der Waals surface area contributed by atoms with Crippen LogP contribution in [0.5, 0.6) is 0 Å². The molecule has 0 saturated carbocycles. The van der Waals surface area contributed by atoms with Crippen LogP contribution in [0, 0.1) is 11.3 Å². The maximum absolute atomic E-state index is 12.2. The Morgan fingerprint density at radius 2 is 1.83 bits per heavy atom. The molecule has 166 valence electrons. The van der Waals surface area contributed by atoms with E-state index in [4.69, 9.17) is 9.47 Å². The highest BCUT2D eigenvalue weighted by atomic mass is 16.7. The number of aliphatic hydroxyl groups excluding tert-OH is 6. The fourth-order valence-electron chi connectivity index (χ4n) is 3.67. The molecule has 0 aromatic rings. The summed E-state index contributed by atoms with van der Waals surface area (Å²) in [6, 6.07) is 0. The number of carbonyl (C=O) groups excluding carboxylic acids is 1. The molecule has 2 rings (SSSR count). The molecular formula is C20H32O9. The number of ether oxygens (including phenoxy) is 2. The number of Topliss-reactive ketones (excluding diaryl/α,β-unsaturated/α-hetero) is 1. The number of allylic oxidation sites excluding steroid dienone is 2. The van der Waals surface area contributed by atoms with Gasteiger partial charge in [0.2, 0.25) is 0 Å². The van der Waals surface area contributed by atoms with E-state index in [1.165, 1.54) is 0 Å². The Labute approximate surface area is 169 Å². The number of aliphatic hydroxyl groups is 6. The quantitative estimate of drug-likeness (QED) is 0.281. The Kier molecular flexibility index (Phi) is 8.50. The normalized spacial score (nSPS) is 36.4. The van der Waals surface area contributed by atoms with E-state index in [1.54, 1.807) is 19.1 Å². The van der Waals surface area contributed by atoms with Crippen molar-refractivity contribution in [3.05, 3.63) is 23.3 Å². The molecule has 6 atom stereocenters. The number of carbonyl (C=O) groups is 1. The van der Waals surface area contributed by atoms with Gasteiger partial charge in [-0.3, -0.25) is 4.79 Å². The van der Waals surface area contributed by atoms with Crippen LogP contribution in [-0.4, -0.2) is 93.6 Å². The standard InChI is InChI=1S/C20H32O9/c1-11-13(4-3-12(7-21)8-22)20(2,6-5-14(11)24)10-28-19-18(27)17(26)16(25)15(9-23)29-19/h3-4,12,15-19,21-23,25-27H,5-10H2,1-2H3/b4-3+/t15-,16-,17+,18-,19-,20-/m1/s1. The van der Waals surface area contributed by atoms with Gasteiger partial charge in [-0.1, -0.05) is 19.1 Å². The van der Waals surface area contributed by atoms with Crippen molar-refractivity contribution in [3.63, 3.8) is 0 Å². The molecule has 0 aromatic carbocycles. The number of ketones is 1. The van der Waals surface area contributed by atoms with Crippen LogP contribution in [0.15, 0.2) is 23.3 Å². The smallest absolute Gasteiger partial charge is 0.186 e. The first-order valence-electron chi connectivity index (χ1n) is 9.75.